The van der Waals surface area contributed by atoms with Crippen LogP contribution in [0.4, 0.5) is 0 Å². The highest BCUT2D eigenvalue weighted by atomic mass is 32.1. The van der Waals surface area contributed by atoms with Gasteiger partial charge in [0.05, 0.1) is 6.42 Å². The van der Waals surface area contributed by atoms with Crippen LogP contribution in [-0.4, -0.2) is 22.9 Å². The molecule has 0 radical (unpaired) electrons. The Balaban J connectivity index is 2.02. The summed E-state index contributed by atoms with van der Waals surface area (Å²) < 4.78 is 0. The van der Waals surface area contributed by atoms with Crippen molar-refractivity contribution in [3.8, 4) is 0 Å². The number of carbonyl (C=O) groups is 1. The third kappa shape index (κ3) is 2.46. The smallest absolute Gasteiger partial charge is 0.228 e. The number of carbonyl (C=O) groups excluding carboxylic acids is 1. The lowest BCUT2D eigenvalue weighted by Crippen LogP contribution is -2.48. The topological polar surface area (TPSA) is 20.3 Å². The Morgan fingerprint density at radius 1 is 1.44 bits per heavy atom. The first kappa shape index (κ1) is 11.6. The van der Waals surface area contributed by atoms with Crippen molar-refractivity contribution in [2.75, 3.05) is 0 Å². The van der Waals surface area contributed by atoms with Crippen molar-refractivity contribution in [2.24, 2.45) is 0 Å². The minimum absolute atomic E-state index is 0.294. The molecule has 0 bridgehead atoms. The van der Waals surface area contributed by atoms with Gasteiger partial charge in [-0.1, -0.05) is 6.07 Å². The van der Waals surface area contributed by atoms with Crippen molar-refractivity contribution < 1.29 is 4.79 Å². The number of piperidine rings is 1. The van der Waals surface area contributed by atoms with Crippen LogP contribution in [0.15, 0.2) is 17.5 Å². The van der Waals surface area contributed by atoms with E-state index in [1.54, 1.807) is 11.3 Å². The summed E-state index contributed by atoms with van der Waals surface area (Å²) in [6.45, 7) is 4.34. The summed E-state index contributed by atoms with van der Waals surface area (Å²) in [6, 6.07) is 4.88. The van der Waals surface area contributed by atoms with Crippen LogP contribution >= 0.6 is 11.3 Å². The second kappa shape index (κ2) is 5.00. The molecule has 1 saturated heterocycles. The number of amides is 1. The molecule has 1 aliphatic heterocycles. The van der Waals surface area contributed by atoms with E-state index in [0.29, 0.717) is 24.4 Å². The highest BCUT2D eigenvalue weighted by molar-refractivity contribution is 7.10. The van der Waals surface area contributed by atoms with Gasteiger partial charge < -0.3 is 4.90 Å². The van der Waals surface area contributed by atoms with Crippen molar-refractivity contribution in [1.82, 2.24) is 4.90 Å². The van der Waals surface area contributed by atoms with E-state index in [4.69, 9.17) is 0 Å². The summed E-state index contributed by atoms with van der Waals surface area (Å²) in [5, 5.41) is 2.03. The summed E-state index contributed by atoms with van der Waals surface area (Å²) in [6.07, 6.45) is 4.14. The van der Waals surface area contributed by atoms with Crippen molar-refractivity contribution in [1.29, 1.82) is 0 Å². The first-order valence-electron chi connectivity index (χ1n) is 6.02. The third-order valence-electron chi connectivity index (χ3n) is 3.39. The minimum atomic E-state index is 0.294. The van der Waals surface area contributed by atoms with Gasteiger partial charge in [-0.05, 0) is 44.6 Å². The van der Waals surface area contributed by atoms with Crippen LogP contribution in [0.25, 0.3) is 0 Å². The zero-order chi connectivity index (χ0) is 11.5. The third-order valence-corrected chi connectivity index (χ3v) is 4.26. The molecule has 2 rings (SSSR count). The van der Waals surface area contributed by atoms with E-state index in [1.165, 1.54) is 11.3 Å². The Labute approximate surface area is 101 Å². The van der Waals surface area contributed by atoms with Crippen LogP contribution in [0.5, 0.6) is 0 Å². The van der Waals surface area contributed by atoms with Gasteiger partial charge in [0.25, 0.3) is 0 Å². The van der Waals surface area contributed by atoms with Crippen LogP contribution in [0, 0.1) is 0 Å². The van der Waals surface area contributed by atoms with Gasteiger partial charge in [0.1, 0.15) is 0 Å². The normalized spacial score (nSPS) is 25.8. The Morgan fingerprint density at radius 3 is 2.69 bits per heavy atom. The number of thiophene rings is 1. The van der Waals surface area contributed by atoms with Crippen LogP contribution in [0.2, 0.25) is 0 Å². The van der Waals surface area contributed by atoms with Crippen molar-refractivity contribution in [3.63, 3.8) is 0 Å². The number of hydrogen-bond acceptors (Lipinski definition) is 2. The van der Waals surface area contributed by atoms with Gasteiger partial charge in [-0.2, -0.15) is 0 Å². The predicted octanol–water partition coefficient (Wildman–Crippen LogP) is 3.08. The molecular formula is C13H19NOS. The van der Waals surface area contributed by atoms with E-state index >= 15 is 0 Å². The second-order valence-electron chi connectivity index (χ2n) is 4.69. The Hall–Kier alpha value is -0.830. The average molecular weight is 237 g/mol. The fraction of sp³-hybridized carbons (Fsp3) is 0.615. The standard InChI is InChI=1S/C13H19NOS/c1-10-5-3-6-11(2)14(10)13(15)9-12-7-4-8-16-12/h4,7-8,10-11H,3,5-6,9H2,1-2H3/t10-,11+. The van der Waals surface area contributed by atoms with E-state index < -0.39 is 0 Å². The van der Waals surface area contributed by atoms with E-state index in [0.717, 1.165) is 12.8 Å². The molecule has 88 valence electrons. The Bertz CT molecular complexity index is 337. The van der Waals surface area contributed by atoms with Crippen LogP contribution in [0.1, 0.15) is 38.0 Å². The number of rotatable bonds is 2. The van der Waals surface area contributed by atoms with E-state index in [9.17, 15) is 4.79 Å². The highest BCUT2D eigenvalue weighted by Gasteiger charge is 2.28. The van der Waals surface area contributed by atoms with Gasteiger partial charge in [0.2, 0.25) is 5.91 Å². The van der Waals surface area contributed by atoms with Crippen LogP contribution in [-0.2, 0) is 11.2 Å². The highest BCUT2D eigenvalue weighted by Crippen LogP contribution is 2.24. The summed E-state index contributed by atoms with van der Waals surface area (Å²) in [5.74, 6) is 0.294. The molecule has 1 aliphatic rings. The maximum Gasteiger partial charge on any atom is 0.228 e. The Kier molecular flexibility index (Phi) is 3.64. The molecule has 2 nitrogen and oxygen atoms in total. The minimum Gasteiger partial charge on any atom is -0.337 e. The molecule has 1 amide bonds. The molecule has 2 heterocycles. The summed E-state index contributed by atoms with van der Waals surface area (Å²) in [5.41, 5.74) is 0. The molecule has 0 aliphatic carbocycles. The fourth-order valence-electron chi connectivity index (χ4n) is 2.57. The predicted molar refractivity (Wildman–Crippen MR) is 67.6 cm³/mol. The van der Waals surface area contributed by atoms with Crippen LogP contribution in [0.3, 0.4) is 0 Å². The van der Waals surface area contributed by atoms with Gasteiger partial charge >= 0.3 is 0 Å². The van der Waals surface area contributed by atoms with Crippen LogP contribution < -0.4 is 0 Å². The molecule has 3 heteroatoms. The molecule has 0 spiro atoms. The number of hydrogen-bond donors (Lipinski definition) is 0. The summed E-state index contributed by atoms with van der Waals surface area (Å²) in [4.78, 5) is 15.5. The fourth-order valence-corrected chi connectivity index (χ4v) is 3.26. The number of nitrogens with zero attached hydrogens (tertiary/aromatic N) is 1. The lowest BCUT2D eigenvalue weighted by molar-refractivity contribution is -0.136. The lowest BCUT2D eigenvalue weighted by atomic mass is 9.97. The zero-order valence-corrected chi connectivity index (χ0v) is 10.8. The van der Waals surface area contributed by atoms with Gasteiger partial charge in [-0.25, -0.2) is 0 Å². The average Bonchev–Trinajstić information content (AvgIpc) is 2.70. The number of likely N-dealkylation sites (tertiary alicyclic amines) is 1. The molecule has 1 aromatic heterocycles. The van der Waals surface area contributed by atoms with Crippen molar-refractivity contribution >= 4 is 17.2 Å². The van der Waals surface area contributed by atoms with Crippen molar-refractivity contribution in [2.45, 2.75) is 51.6 Å². The maximum atomic E-state index is 12.2. The molecule has 2 atom stereocenters. The Morgan fingerprint density at radius 2 is 2.12 bits per heavy atom. The monoisotopic (exact) mass is 237 g/mol. The molecule has 1 fully saturated rings. The molecule has 0 unspecified atom stereocenters. The van der Waals surface area contributed by atoms with Gasteiger partial charge in [0, 0.05) is 17.0 Å². The molecule has 0 aromatic carbocycles. The van der Waals surface area contributed by atoms with Gasteiger partial charge in [-0.15, -0.1) is 11.3 Å². The van der Waals surface area contributed by atoms with Gasteiger partial charge in [0.15, 0.2) is 0 Å². The summed E-state index contributed by atoms with van der Waals surface area (Å²) >= 11 is 1.67. The molecule has 0 N–H and O–H groups in total. The molecule has 0 saturated carbocycles. The van der Waals surface area contributed by atoms with E-state index in [-0.39, 0.29) is 0 Å². The first-order chi connectivity index (χ1) is 7.68. The molecule has 16 heavy (non-hydrogen) atoms. The largest absolute Gasteiger partial charge is 0.337 e. The molecule has 1 aromatic rings. The first-order valence-corrected chi connectivity index (χ1v) is 6.90. The summed E-state index contributed by atoms with van der Waals surface area (Å²) in [7, 11) is 0. The zero-order valence-electron chi connectivity index (χ0n) is 9.98. The maximum absolute atomic E-state index is 12.2. The van der Waals surface area contributed by atoms with E-state index in [1.807, 2.05) is 17.5 Å². The van der Waals surface area contributed by atoms with Crippen molar-refractivity contribution in [3.05, 3.63) is 22.4 Å². The van der Waals surface area contributed by atoms with Gasteiger partial charge in [-0.3, -0.25) is 4.79 Å². The molecular weight excluding hydrogens is 218 g/mol. The second-order valence-corrected chi connectivity index (χ2v) is 5.72. The van der Waals surface area contributed by atoms with E-state index in [2.05, 4.69) is 18.7 Å². The lowest BCUT2D eigenvalue weighted by Gasteiger charge is -2.39. The SMILES string of the molecule is C[C@@H]1CCC[C@H](C)N1C(=O)Cc1cccs1. The quantitative estimate of drug-likeness (QED) is 0.774.